The van der Waals surface area contributed by atoms with Crippen molar-refractivity contribution < 1.29 is 8.42 Å². The fraction of sp³-hybridized carbons (Fsp3) is 0.526. The molecule has 3 heterocycles. The first-order chi connectivity index (χ1) is 14.1. The van der Waals surface area contributed by atoms with Gasteiger partial charge in [0.1, 0.15) is 0 Å². The molecule has 2 fully saturated rings. The van der Waals surface area contributed by atoms with Crippen molar-refractivity contribution in [3.05, 3.63) is 30.3 Å². The number of hydrogen-bond donors (Lipinski definition) is 2. The number of rotatable bonds is 6. The largest absolute Gasteiger partial charge is 0.341 e. The molecule has 2 aliphatic heterocycles. The third kappa shape index (κ3) is 4.94. The van der Waals surface area contributed by atoms with Crippen LogP contribution in [0.4, 0.5) is 17.8 Å². The summed E-state index contributed by atoms with van der Waals surface area (Å²) in [4.78, 5) is 20.5. The summed E-state index contributed by atoms with van der Waals surface area (Å²) < 4.78 is 25.0. The minimum Gasteiger partial charge on any atom is -0.341 e. The molecule has 1 aromatic heterocycles. The minimum absolute atomic E-state index is 0.175. The van der Waals surface area contributed by atoms with E-state index in [4.69, 9.17) is 4.98 Å². The van der Waals surface area contributed by atoms with Gasteiger partial charge in [0.05, 0.1) is 4.90 Å². The Labute approximate surface area is 171 Å². The van der Waals surface area contributed by atoms with Gasteiger partial charge >= 0.3 is 0 Å². The van der Waals surface area contributed by atoms with Crippen molar-refractivity contribution in [2.75, 3.05) is 41.4 Å². The third-order valence-corrected chi connectivity index (χ3v) is 6.50. The molecule has 29 heavy (non-hydrogen) atoms. The van der Waals surface area contributed by atoms with Crippen LogP contribution in [0.2, 0.25) is 0 Å². The molecule has 10 heteroatoms. The summed E-state index contributed by atoms with van der Waals surface area (Å²) in [6.07, 6.45) is 6.84. The van der Waals surface area contributed by atoms with Crippen molar-refractivity contribution in [1.29, 1.82) is 0 Å². The second-order valence-electron chi connectivity index (χ2n) is 7.40. The molecular weight excluding hydrogens is 390 g/mol. The number of benzene rings is 1. The molecule has 1 aromatic carbocycles. The zero-order chi connectivity index (χ0) is 20.1. The Morgan fingerprint density at radius 2 is 1.24 bits per heavy atom. The topological polar surface area (TPSA) is 103 Å². The Morgan fingerprint density at radius 3 is 1.76 bits per heavy atom. The first-order valence-electron chi connectivity index (χ1n) is 10.2. The lowest BCUT2D eigenvalue weighted by molar-refractivity contribution is 0.556. The van der Waals surface area contributed by atoms with Gasteiger partial charge in [-0.25, -0.2) is 8.42 Å². The quantitative estimate of drug-likeness (QED) is 0.689. The average molecular weight is 418 g/mol. The summed E-state index contributed by atoms with van der Waals surface area (Å²) in [6, 6.07) is 8.21. The molecule has 0 radical (unpaired) electrons. The Kier molecular flexibility index (Phi) is 6.10. The highest BCUT2D eigenvalue weighted by Crippen LogP contribution is 2.22. The molecule has 2 aliphatic rings. The Balaban J connectivity index is 1.57. The molecule has 0 amide bonds. The highest BCUT2D eigenvalue weighted by Gasteiger charge is 2.21. The van der Waals surface area contributed by atoms with Crippen LogP contribution in [0.15, 0.2) is 35.2 Å². The smallest absolute Gasteiger partial charge is 0.257 e. The second kappa shape index (κ2) is 8.91. The van der Waals surface area contributed by atoms with Crippen LogP contribution in [0.1, 0.15) is 38.5 Å². The lowest BCUT2D eigenvalue weighted by Crippen LogP contribution is -2.36. The number of hydrogen-bond acceptors (Lipinski definition) is 8. The summed E-state index contributed by atoms with van der Waals surface area (Å²) in [5.41, 5.74) is 2.69. The van der Waals surface area contributed by atoms with Crippen LogP contribution in [-0.2, 0) is 10.0 Å². The number of nitrogens with one attached hydrogen (secondary N) is 2. The maximum Gasteiger partial charge on any atom is 0.257 e. The van der Waals surface area contributed by atoms with Crippen LogP contribution in [-0.4, -0.2) is 49.5 Å². The molecule has 0 saturated carbocycles. The molecule has 9 nitrogen and oxygen atoms in total. The van der Waals surface area contributed by atoms with Gasteiger partial charge in [-0.05, 0) is 50.7 Å². The molecule has 0 bridgehead atoms. The number of anilines is 3. The number of sulfonamides is 1. The molecule has 2 N–H and O–H groups in total. The molecule has 2 aromatic rings. The van der Waals surface area contributed by atoms with Gasteiger partial charge in [0.2, 0.25) is 17.8 Å². The molecule has 156 valence electrons. The molecule has 0 atom stereocenters. The first kappa shape index (κ1) is 19.8. The Morgan fingerprint density at radius 1 is 0.724 bits per heavy atom. The molecular formula is C19H27N7O2S. The van der Waals surface area contributed by atoms with E-state index in [0.29, 0.717) is 11.9 Å². The summed E-state index contributed by atoms with van der Waals surface area (Å²) >= 11 is 0. The van der Waals surface area contributed by atoms with Crippen molar-refractivity contribution >= 4 is 27.9 Å². The van der Waals surface area contributed by atoms with Crippen molar-refractivity contribution in [2.24, 2.45) is 0 Å². The highest BCUT2D eigenvalue weighted by molar-refractivity contribution is 7.89. The summed E-state index contributed by atoms with van der Waals surface area (Å²) in [6.45, 7) is 3.61. The van der Waals surface area contributed by atoms with Crippen molar-refractivity contribution in [1.82, 2.24) is 19.8 Å². The zero-order valence-corrected chi connectivity index (χ0v) is 17.2. The minimum atomic E-state index is -3.72. The maximum atomic E-state index is 12.5. The van der Waals surface area contributed by atoms with E-state index in [2.05, 4.69) is 30.0 Å². The lowest BCUT2D eigenvalue weighted by Gasteiger charge is -2.30. The van der Waals surface area contributed by atoms with Crippen molar-refractivity contribution in [3.63, 3.8) is 0 Å². The fourth-order valence-corrected chi connectivity index (χ4v) is 4.51. The predicted octanol–water partition coefficient (Wildman–Crippen LogP) is 2.16. The fourth-order valence-electron chi connectivity index (χ4n) is 3.65. The number of aromatic nitrogens is 3. The van der Waals surface area contributed by atoms with Crippen molar-refractivity contribution in [2.45, 2.75) is 43.4 Å². The molecule has 4 rings (SSSR count). The molecule has 0 spiro atoms. The Hall–Kier alpha value is -2.46. The van der Waals surface area contributed by atoms with E-state index in [1.165, 1.54) is 25.0 Å². The van der Waals surface area contributed by atoms with Crippen LogP contribution in [0.25, 0.3) is 0 Å². The second-order valence-corrected chi connectivity index (χ2v) is 9.08. The van der Waals surface area contributed by atoms with Crippen LogP contribution in [0, 0.1) is 0 Å². The van der Waals surface area contributed by atoms with Gasteiger partial charge in [0.15, 0.2) is 0 Å². The van der Waals surface area contributed by atoms with Gasteiger partial charge in [0, 0.05) is 26.2 Å². The van der Waals surface area contributed by atoms with E-state index in [0.717, 1.165) is 51.9 Å². The summed E-state index contributed by atoms with van der Waals surface area (Å²) in [5, 5.41) is 0. The molecule has 0 unspecified atom stereocenters. The zero-order valence-electron chi connectivity index (χ0n) is 16.4. The van der Waals surface area contributed by atoms with Gasteiger partial charge in [-0.2, -0.15) is 15.0 Å². The van der Waals surface area contributed by atoms with E-state index in [-0.39, 0.29) is 10.8 Å². The number of hydrazine groups is 1. The molecule has 2 saturated heterocycles. The van der Waals surface area contributed by atoms with Crippen LogP contribution in [0.5, 0.6) is 0 Å². The molecule has 0 aliphatic carbocycles. The van der Waals surface area contributed by atoms with Crippen molar-refractivity contribution in [3.8, 4) is 0 Å². The highest BCUT2D eigenvalue weighted by atomic mass is 32.2. The normalized spacial score (nSPS) is 17.9. The maximum absolute atomic E-state index is 12.5. The first-order valence-corrected chi connectivity index (χ1v) is 11.7. The lowest BCUT2D eigenvalue weighted by atomic mass is 10.1. The summed E-state index contributed by atoms with van der Waals surface area (Å²) in [7, 11) is -3.72. The number of nitrogens with zero attached hydrogens (tertiary/aromatic N) is 5. The SMILES string of the molecule is O=S(=O)(NNc1nc(N2CCCCC2)nc(N2CCCCC2)n1)c1ccccc1. The average Bonchev–Trinajstić information content (AvgIpc) is 2.79. The predicted molar refractivity (Wildman–Crippen MR) is 112 cm³/mol. The van der Waals surface area contributed by atoms with E-state index in [9.17, 15) is 8.42 Å². The Bertz CT molecular complexity index is 875. The standard InChI is InChI=1S/C19H27N7O2S/c27-29(28,16-10-4-1-5-11-16)24-23-17-20-18(25-12-6-2-7-13-25)22-19(21-17)26-14-8-3-9-15-26/h1,4-5,10-11,24H,2-3,6-9,12-15H2,(H,20,21,22,23). The van der Waals surface area contributed by atoms with E-state index in [1.807, 2.05) is 0 Å². The van der Waals surface area contributed by atoms with Crippen LogP contribution < -0.4 is 20.1 Å². The van der Waals surface area contributed by atoms with Gasteiger partial charge in [-0.3, -0.25) is 5.43 Å². The number of piperidine rings is 2. The van der Waals surface area contributed by atoms with Crippen LogP contribution >= 0.6 is 0 Å². The van der Waals surface area contributed by atoms with E-state index in [1.54, 1.807) is 18.2 Å². The van der Waals surface area contributed by atoms with Crippen LogP contribution in [0.3, 0.4) is 0 Å². The third-order valence-electron chi connectivity index (χ3n) is 5.24. The van der Waals surface area contributed by atoms with Gasteiger partial charge in [-0.1, -0.05) is 18.2 Å². The van der Waals surface area contributed by atoms with E-state index < -0.39 is 10.0 Å². The van der Waals surface area contributed by atoms with Gasteiger partial charge in [0.25, 0.3) is 10.0 Å². The van der Waals surface area contributed by atoms with Gasteiger partial charge < -0.3 is 9.80 Å². The monoisotopic (exact) mass is 417 g/mol. The summed E-state index contributed by atoms with van der Waals surface area (Å²) in [5.74, 6) is 1.41. The van der Waals surface area contributed by atoms with E-state index >= 15 is 0 Å². The van der Waals surface area contributed by atoms with Gasteiger partial charge in [-0.15, -0.1) is 4.83 Å².